The number of thioether (sulfide) groups is 1. The lowest BCUT2D eigenvalue weighted by atomic mass is 10.2. The summed E-state index contributed by atoms with van der Waals surface area (Å²) in [7, 11) is 0. The third-order valence-corrected chi connectivity index (χ3v) is 5.12. The van der Waals surface area contributed by atoms with Crippen molar-refractivity contribution in [2.75, 3.05) is 5.32 Å². The maximum atomic E-state index is 12.8. The lowest BCUT2D eigenvalue weighted by Gasteiger charge is -2.12. The Balaban J connectivity index is 1.51. The van der Waals surface area contributed by atoms with E-state index in [0.29, 0.717) is 10.8 Å². The van der Waals surface area contributed by atoms with Crippen LogP contribution in [0.4, 0.5) is 18.9 Å². The summed E-state index contributed by atoms with van der Waals surface area (Å²) in [6.45, 7) is 1.63. The maximum Gasteiger partial charge on any atom is 0.416 e. The number of benzene rings is 2. The Morgan fingerprint density at radius 2 is 1.97 bits per heavy atom. The molecule has 0 aliphatic heterocycles. The Morgan fingerprint density at radius 1 is 1.17 bits per heavy atom. The maximum absolute atomic E-state index is 12.8. The van der Waals surface area contributed by atoms with Gasteiger partial charge in [-0.3, -0.25) is 4.79 Å². The Bertz CT molecular complexity index is 1210. The van der Waals surface area contributed by atoms with E-state index in [1.807, 2.05) is 24.3 Å². The zero-order chi connectivity index (χ0) is 20.6. The van der Waals surface area contributed by atoms with E-state index in [2.05, 4.69) is 20.4 Å². The molecule has 0 aliphatic carbocycles. The van der Waals surface area contributed by atoms with Gasteiger partial charge in [0.2, 0.25) is 11.1 Å². The minimum absolute atomic E-state index is 0.0791. The highest BCUT2D eigenvalue weighted by atomic mass is 32.2. The molecular weight excluding hydrogens is 403 g/mol. The number of hydrogen-bond donors (Lipinski definition) is 1. The molecule has 0 bridgehead atoms. The van der Waals surface area contributed by atoms with Crippen molar-refractivity contribution < 1.29 is 18.0 Å². The largest absolute Gasteiger partial charge is 0.416 e. The first-order valence-corrected chi connectivity index (χ1v) is 9.44. The molecule has 29 heavy (non-hydrogen) atoms. The topological polar surface area (TPSA) is 72.2 Å². The van der Waals surface area contributed by atoms with Crippen LogP contribution < -0.4 is 5.32 Å². The monoisotopic (exact) mass is 417 g/mol. The third-order valence-electron chi connectivity index (χ3n) is 4.17. The van der Waals surface area contributed by atoms with Gasteiger partial charge >= 0.3 is 6.18 Å². The highest BCUT2D eigenvalue weighted by molar-refractivity contribution is 8.00. The average Bonchev–Trinajstić information content (AvgIpc) is 3.10. The van der Waals surface area contributed by atoms with E-state index in [1.165, 1.54) is 16.6 Å². The first kappa shape index (κ1) is 19.2. The summed E-state index contributed by atoms with van der Waals surface area (Å²) in [5, 5.41) is 7.39. The molecule has 0 spiro atoms. The van der Waals surface area contributed by atoms with Crippen molar-refractivity contribution >= 4 is 39.9 Å². The summed E-state index contributed by atoms with van der Waals surface area (Å²) in [5.41, 5.74) is 0.648. The van der Waals surface area contributed by atoms with Gasteiger partial charge in [0.1, 0.15) is 6.33 Å². The lowest BCUT2D eigenvalue weighted by molar-refractivity contribution is -0.137. The van der Waals surface area contributed by atoms with Crippen molar-refractivity contribution in [2.45, 2.75) is 23.5 Å². The second kappa shape index (κ2) is 7.36. The van der Waals surface area contributed by atoms with Gasteiger partial charge in [-0.25, -0.2) is 14.5 Å². The van der Waals surface area contributed by atoms with E-state index in [0.717, 1.165) is 34.8 Å². The third kappa shape index (κ3) is 4.02. The van der Waals surface area contributed by atoms with E-state index in [4.69, 9.17) is 0 Å². The van der Waals surface area contributed by atoms with Gasteiger partial charge in [-0.2, -0.15) is 13.2 Å². The predicted octanol–water partition coefficient (Wildman–Crippen LogP) is 4.42. The number of anilines is 1. The summed E-state index contributed by atoms with van der Waals surface area (Å²) in [4.78, 5) is 21.2. The summed E-state index contributed by atoms with van der Waals surface area (Å²) < 4.78 is 40.0. The number of halogens is 3. The number of fused-ring (bicyclic) bond motifs is 3. The van der Waals surface area contributed by atoms with Crippen LogP contribution in [0, 0.1) is 0 Å². The fraction of sp³-hybridized carbons (Fsp3) is 0.158. The van der Waals surface area contributed by atoms with Gasteiger partial charge in [0.25, 0.3) is 0 Å². The summed E-state index contributed by atoms with van der Waals surface area (Å²) in [6, 6.07) is 12.0. The zero-order valence-electron chi connectivity index (χ0n) is 15.0. The van der Waals surface area contributed by atoms with Gasteiger partial charge in [-0.15, -0.1) is 5.10 Å². The van der Waals surface area contributed by atoms with E-state index in [9.17, 15) is 18.0 Å². The van der Waals surface area contributed by atoms with Crippen LogP contribution >= 0.6 is 11.8 Å². The summed E-state index contributed by atoms with van der Waals surface area (Å²) >= 11 is 1.11. The molecule has 0 saturated carbocycles. The van der Waals surface area contributed by atoms with Gasteiger partial charge in [-0.05, 0) is 37.3 Å². The highest BCUT2D eigenvalue weighted by Crippen LogP contribution is 2.31. The van der Waals surface area contributed by atoms with Crippen LogP contribution in [-0.4, -0.2) is 30.7 Å². The smallest absolute Gasteiger partial charge is 0.325 e. The number of para-hydroxylation sites is 1. The molecule has 0 radical (unpaired) electrons. The Hall–Kier alpha value is -3.14. The van der Waals surface area contributed by atoms with Gasteiger partial charge in [0.15, 0.2) is 5.65 Å². The van der Waals surface area contributed by atoms with Gasteiger partial charge in [0, 0.05) is 11.1 Å². The summed E-state index contributed by atoms with van der Waals surface area (Å²) in [6.07, 6.45) is -2.93. The predicted molar refractivity (Wildman–Crippen MR) is 104 cm³/mol. The van der Waals surface area contributed by atoms with Crippen molar-refractivity contribution in [3.8, 4) is 0 Å². The minimum atomic E-state index is -4.47. The number of carbonyl (C=O) groups is 1. The van der Waals surface area contributed by atoms with Gasteiger partial charge < -0.3 is 5.32 Å². The van der Waals surface area contributed by atoms with Crippen LogP contribution in [0.25, 0.3) is 16.6 Å². The molecule has 6 nitrogen and oxygen atoms in total. The van der Waals surface area contributed by atoms with E-state index >= 15 is 0 Å². The number of alkyl halides is 3. The number of rotatable bonds is 4. The summed E-state index contributed by atoms with van der Waals surface area (Å²) in [5.74, 6) is -0.448. The van der Waals surface area contributed by atoms with Crippen molar-refractivity contribution in [3.05, 3.63) is 60.4 Å². The molecule has 10 heteroatoms. The van der Waals surface area contributed by atoms with Crippen LogP contribution in [0.1, 0.15) is 12.5 Å². The number of nitrogens with zero attached hydrogens (tertiary/aromatic N) is 4. The molecule has 0 saturated heterocycles. The van der Waals surface area contributed by atoms with E-state index < -0.39 is 22.9 Å². The molecule has 2 aromatic carbocycles. The zero-order valence-corrected chi connectivity index (χ0v) is 15.8. The van der Waals surface area contributed by atoms with Crippen molar-refractivity contribution in [2.24, 2.45) is 0 Å². The molecule has 0 unspecified atom stereocenters. The molecule has 2 heterocycles. The molecule has 1 N–H and O–H groups in total. The minimum Gasteiger partial charge on any atom is -0.325 e. The normalized spacial score (nSPS) is 13.0. The van der Waals surface area contributed by atoms with Crippen molar-refractivity contribution in [1.82, 2.24) is 19.6 Å². The first-order chi connectivity index (χ1) is 13.8. The molecule has 4 rings (SSSR count). The van der Waals surface area contributed by atoms with E-state index in [-0.39, 0.29) is 5.69 Å². The first-order valence-electron chi connectivity index (χ1n) is 8.56. The van der Waals surface area contributed by atoms with Crippen molar-refractivity contribution in [1.29, 1.82) is 0 Å². The van der Waals surface area contributed by atoms with Crippen molar-refractivity contribution in [3.63, 3.8) is 0 Å². The van der Waals surface area contributed by atoms with Crippen LogP contribution in [0.3, 0.4) is 0 Å². The fourth-order valence-electron chi connectivity index (χ4n) is 2.74. The SMILES string of the molecule is C[C@@H](Sc1nc2c3ccccc3ncn2n1)C(=O)Nc1cccc(C(F)(F)F)c1. The highest BCUT2D eigenvalue weighted by Gasteiger charge is 2.30. The molecule has 1 atom stereocenters. The van der Waals surface area contributed by atoms with E-state index in [1.54, 1.807) is 13.3 Å². The molecular formula is C19H14F3N5OS. The number of carbonyl (C=O) groups excluding carboxylic acids is 1. The molecule has 1 amide bonds. The quantitative estimate of drug-likeness (QED) is 0.498. The Morgan fingerprint density at radius 3 is 2.76 bits per heavy atom. The number of amides is 1. The molecule has 148 valence electrons. The number of nitrogens with one attached hydrogen (secondary N) is 1. The van der Waals surface area contributed by atoms with Crippen LogP contribution in [0.5, 0.6) is 0 Å². The van der Waals surface area contributed by atoms with Crippen LogP contribution in [0.2, 0.25) is 0 Å². The Labute approximate surface area is 167 Å². The average molecular weight is 417 g/mol. The van der Waals surface area contributed by atoms with Gasteiger partial charge in [0.05, 0.1) is 16.3 Å². The lowest BCUT2D eigenvalue weighted by Crippen LogP contribution is -2.22. The van der Waals surface area contributed by atoms with Crippen LogP contribution in [0.15, 0.2) is 60.0 Å². The van der Waals surface area contributed by atoms with Crippen LogP contribution in [-0.2, 0) is 11.0 Å². The fourth-order valence-corrected chi connectivity index (χ4v) is 3.50. The Kier molecular flexibility index (Phi) is 4.87. The molecule has 0 aliphatic rings. The number of hydrogen-bond acceptors (Lipinski definition) is 5. The second-order valence-corrected chi connectivity index (χ2v) is 7.56. The molecule has 4 aromatic rings. The van der Waals surface area contributed by atoms with Gasteiger partial charge in [-0.1, -0.05) is 30.0 Å². The number of aromatic nitrogens is 4. The standard InChI is InChI=1S/C19H14F3N5OS/c1-11(17(28)24-13-6-4-5-12(9-13)19(20,21)22)29-18-25-16-14-7-2-3-8-15(14)23-10-27(16)26-18/h2-11H,1H3,(H,24,28)/t11-/m1/s1. The molecule has 0 fully saturated rings. The molecule has 2 aromatic heterocycles. The second-order valence-electron chi connectivity index (χ2n) is 6.25.